The molecule has 1 saturated carbocycles. The van der Waals surface area contributed by atoms with Gasteiger partial charge < -0.3 is 0 Å². The summed E-state index contributed by atoms with van der Waals surface area (Å²) >= 11 is 0. The predicted molar refractivity (Wildman–Crippen MR) is 87.6 cm³/mol. The topological polar surface area (TPSA) is 0 Å². The van der Waals surface area contributed by atoms with Crippen molar-refractivity contribution in [1.29, 1.82) is 0 Å². The Morgan fingerprint density at radius 3 is 1.42 bits per heavy atom. The molecule has 0 aromatic heterocycles. The van der Waals surface area contributed by atoms with Crippen LogP contribution in [-0.2, 0) is 0 Å². The molecule has 0 nitrogen and oxygen atoms in total. The van der Waals surface area contributed by atoms with E-state index in [1.165, 1.54) is 70.6 Å². The van der Waals surface area contributed by atoms with Crippen molar-refractivity contribution in [2.75, 3.05) is 0 Å². The molecule has 0 aromatic rings. The highest BCUT2D eigenvalue weighted by atomic mass is 14.3. The van der Waals surface area contributed by atoms with Gasteiger partial charge in [-0.05, 0) is 11.8 Å². The quantitative estimate of drug-likeness (QED) is 0.349. The van der Waals surface area contributed by atoms with Gasteiger partial charge in [-0.1, -0.05) is 110 Å². The van der Waals surface area contributed by atoms with Gasteiger partial charge in [-0.3, -0.25) is 0 Å². The minimum atomic E-state index is 1.09. The first-order chi connectivity index (χ1) is 9.36. The molecule has 0 bridgehead atoms. The van der Waals surface area contributed by atoms with Crippen LogP contribution < -0.4 is 0 Å². The molecule has 0 saturated heterocycles. The summed E-state index contributed by atoms with van der Waals surface area (Å²) in [6, 6.07) is 0. The Morgan fingerprint density at radius 2 is 0.895 bits per heavy atom. The van der Waals surface area contributed by atoms with E-state index in [9.17, 15) is 0 Å². The van der Waals surface area contributed by atoms with Gasteiger partial charge in [-0.15, -0.1) is 0 Å². The summed E-state index contributed by atoms with van der Waals surface area (Å²) in [6.07, 6.45) is 22.4. The van der Waals surface area contributed by atoms with Crippen LogP contribution in [0.2, 0.25) is 0 Å². The molecule has 0 atom stereocenters. The van der Waals surface area contributed by atoms with Crippen LogP contribution in [0.1, 0.15) is 110 Å². The maximum atomic E-state index is 2.32. The number of unbranched alkanes of at least 4 members (excludes halogenated alkanes) is 7. The van der Waals surface area contributed by atoms with Crippen molar-refractivity contribution in [2.45, 2.75) is 110 Å². The molecule has 0 aromatic carbocycles. The summed E-state index contributed by atoms with van der Waals surface area (Å²) in [5.41, 5.74) is 0. The van der Waals surface area contributed by atoms with Crippen LogP contribution >= 0.6 is 0 Å². The minimum Gasteiger partial charge on any atom is -0.0654 e. The van der Waals surface area contributed by atoms with Crippen LogP contribution in [0.5, 0.6) is 0 Å². The first-order valence-corrected chi connectivity index (χ1v) is 9.36. The van der Waals surface area contributed by atoms with Crippen LogP contribution in [0.3, 0.4) is 0 Å². The molecule has 0 heteroatoms. The van der Waals surface area contributed by atoms with Crippen molar-refractivity contribution in [3.8, 4) is 0 Å². The van der Waals surface area contributed by atoms with Gasteiger partial charge >= 0.3 is 0 Å². The predicted octanol–water partition coefficient (Wildman–Crippen LogP) is 7.12. The Morgan fingerprint density at radius 1 is 0.526 bits per heavy atom. The van der Waals surface area contributed by atoms with Gasteiger partial charge in [0.1, 0.15) is 0 Å². The van der Waals surface area contributed by atoms with E-state index < -0.39 is 0 Å². The van der Waals surface area contributed by atoms with Crippen molar-refractivity contribution >= 4 is 0 Å². The summed E-state index contributed by atoms with van der Waals surface area (Å²) in [5, 5.41) is 0. The zero-order valence-electron chi connectivity index (χ0n) is 13.8. The first kappa shape index (κ1) is 17.1. The van der Waals surface area contributed by atoms with Crippen LogP contribution in [0, 0.1) is 11.8 Å². The van der Waals surface area contributed by atoms with Gasteiger partial charge in [0.05, 0.1) is 0 Å². The molecule has 0 spiro atoms. The second kappa shape index (κ2) is 11.8. The van der Waals surface area contributed by atoms with Gasteiger partial charge in [0.2, 0.25) is 0 Å². The van der Waals surface area contributed by atoms with Crippen molar-refractivity contribution < 1.29 is 0 Å². The molecule has 0 heterocycles. The average Bonchev–Trinajstić information content (AvgIpc) is 2.44. The van der Waals surface area contributed by atoms with Crippen molar-refractivity contribution in [2.24, 2.45) is 11.8 Å². The molecule has 0 unspecified atom stereocenters. The van der Waals surface area contributed by atoms with Crippen molar-refractivity contribution in [3.63, 3.8) is 0 Å². The molecule has 114 valence electrons. The number of hydrogen-bond donors (Lipinski definition) is 0. The SMILES string of the molecule is CCCCCCCCC1CCC(CCCCC)CC1. The number of hydrogen-bond acceptors (Lipinski definition) is 0. The molecule has 1 aliphatic rings. The molecule has 1 fully saturated rings. The highest BCUT2D eigenvalue weighted by Gasteiger charge is 2.20. The van der Waals surface area contributed by atoms with E-state index in [2.05, 4.69) is 13.8 Å². The normalized spacial score (nSPS) is 23.7. The van der Waals surface area contributed by atoms with Gasteiger partial charge in [0, 0.05) is 0 Å². The first-order valence-electron chi connectivity index (χ1n) is 9.36. The fourth-order valence-corrected chi connectivity index (χ4v) is 3.71. The smallest absolute Gasteiger partial charge is 0.0414 e. The molecular weight excluding hydrogens is 228 g/mol. The summed E-state index contributed by atoms with van der Waals surface area (Å²) in [5.74, 6) is 2.18. The summed E-state index contributed by atoms with van der Waals surface area (Å²) < 4.78 is 0. The zero-order valence-corrected chi connectivity index (χ0v) is 13.8. The molecule has 1 rings (SSSR count). The van der Waals surface area contributed by atoms with Crippen LogP contribution in [-0.4, -0.2) is 0 Å². The van der Waals surface area contributed by atoms with Gasteiger partial charge in [-0.2, -0.15) is 0 Å². The average molecular weight is 267 g/mol. The lowest BCUT2D eigenvalue weighted by Crippen LogP contribution is -2.14. The van der Waals surface area contributed by atoms with E-state index in [0.717, 1.165) is 11.8 Å². The van der Waals surface area contributed by atoms with Crippen LogP contribution in [0.4, 0.5) is 0 Å². The lowest BCUT2D eigenvalue weighted by atomic mass is 9.78. The Balaban J connectivity index is 1.92. The maximum absolute atomic E-state index is 2.32. The summed E-state index contributed by atoms with van der Waals surface area (Å²) in [7, 11) is 0. The van der Waals surface area contributed by atoms with E-state index in [1.807, 2.05) is 0 Å². The Kier molecular flexibility index (Phi) is 10.6. The van der Waals surface area contributed by atoms with Crippen LogP contribution in [0.25, 0.3) is 0 Å². The summed E-state index contributed by atoms with van der Waals surface area (Å²) in [4.78, 5) is 0. The highest BCUT2D eigenvalue weighted by molar-refractivity contribution is 4.72. The second-order valence-corrected chi connectivity index (χ2v) is 6.94. The largest absolute Gasteiger partial charge is 0.0654 e. The Labute approximate surface area is 122 Å². The monoisotopic (exact) mass is 266 g/mol. The minimum absolute atomic E-state index is 1.09. The molecule has 0 N–H and O–H groups in total. The summed E-state index contributed by atoms with van der Waals surface area (Å²) in [6.45, 7) is 4.62. The van der Waals surface area contributed by atoms with E-state index in [0.29, 0.717) is 0 Å². The molecule has 0 radical (unpaired) electrons. The van der Waals surface area contributed by atoms with E-state index >= 15 is 0 Å². The Hall–Kier alpha value is 0. The third kappa shape index (κ3) is 8.71. The molecule has 0 amide bonds. The van der Waals surface area contributed by atoms with E-state index in [-0.39, 0.29) is 0 Å². The maximum Gasteiger partial charge on any atom is -0.0414 e. The fraction of sp³-hybridized carbons (Fsp3) is 1.00. The molecular formula is C19H38. The standard InChI is InChI=1S/C19H38/c1-3-5-7-8-9-11-13-19-16-14-18(15-17-19)12-10-6-4-2/h18-19H,3-17H2,1-2H3. The van der Waals surface area contributed by atoms with Gasteiger partial charge in [0.15, 0.2) is 0 Å². The Bertz CT molecular complexity index is 174. The van der Waals surface area contributed by atoms with E-state index in [1.54, 1.807) is 25.7 Å². The highest BCUT2D eigenvalue weighted by Crippen LogP contribution is 2.34. The lowest BCUT2D eigenvalue weighted by Gasteiger charge is -2.28. The molecule has 1 aliphatic carbocycles. The van der Waals surface area contributed by atoms with Crippen molar-refractivity contribution in [3.05, 3.63) is 0 Å². The molecule has 19 heavy (non-hydrogen) atoms. The van der Waals surface area contributed by atoms with Crippen LogP contribution in [0.15, 0.2) is 0 Å². The van der Waals surface area contributed by atoms with E-state index in [4.69, 9.17) is 0 Å². The third-order valence-electron chi connectivity index (χ3n) is 5.15. The third-order valence-corrected chi connectivity index (χ3v) is 5.15. The second-order valence-electron chi connectivity index (χ2n) is 6.94. The van der Waals surface area contributed by atoms with Crippen molar-refractivity contribution in [1.82, 2.24) is 0 Å². The number of rotatable bonds is 11. The molecule has 0 aliphatic heterocycles. The van der Waals surface area contributed by atoms with Gasteiger partial charge in [-0.25, -0.2) is 0 Å². The fourth-order valence-electron chi connectivity index (χ4n) is 3.71. The lowest BCUT2D eigenvalue weighted by molar-refractivity contribution is 0.244. The zero-order chi connectivity index (χ0) is 13.8. The van der Waals surface area contributed by atoms with Gasteiger partial charge in [0.25, 0.3) is 0 Å².